The number of likely N-dealkylation sites (N-methyl/N-ethyl adjacent to an activating group) is 1. The lowest BCUT2D eigenvalue weighted by Gasteiger charge is -2.42. The van der Waals surface area contributed by atoms with Crippen LogP contribution >= 0.6 is 0 Å². The van der Waals surface area contributed by atoms with Crippen molar-refractivity contribution in [2.24, 2.45) is 0 Å². The Labute approximate surface area is 103 Å². The average Bonchev–Trinajstić information content (AvgIpc) is 2.39. The summed E-state index contributed by atoms with van der Waals surface area (Å²) in [4.78, 5) is 16.2. The molecule has 2 rings (SSSR count). The molecule has 5 nitrogen and oxygen atoms in total. The molecule has 1 amide bonds. The molecule has 0 bridgehead atoms. The number of hydrogen-bond acceptors (Lipinski definition) is 4. The van der Waals surface area contributed by atoms with Crippen LogP contribution in [-0.4, -0.2) is 74.7 Å². The smallest absolute Gasteiger partial charge is 0.240 e. The molecule has 0 aliphatic carbocycles. The van der Waals surface area contributed by atoms with Crippen LogP contribution in [0.3, 0.4) is 0 Å². The van der Waals surface area contributed by atoms with Crippen molar-refractivity contribution >= 4 is 5.91 Å². The van der Waals surface area contributed by atoms with E-state index in [2.05, 4.69) is 10.2 Å². The van der Waals surface area contributed by atoms with Crippen molar-refractivity contribution in [1.29, 1.82) is 0 Å². The maximum Gasteiger partial charge on any atom is 0.240 e. The maximum absolute atomic E-state index is 12.2. The first-order chi connectivity index (χ1) is 8.20. The quantitative estimate of drug-likeness (QED) is 0.710. The number of carbonyl (C=O) groups is 1. The van der Waals surface area contributed by atoms with Gasteiger partial charge < -0.3 is 15.0 Å². The second-order valence-corrected chi connectivity index (χ2v) is 5.06. The molecule has 2 aliphatic heterocycles. The van der Waals surface area contributed by atoms with Crippen molar-refractivity contribution in [3.05, 3.63) is 0 Å². The number of nitrogens with one attached hydrogen (secondary N) is 1. The summed E-state index contributed by atoms with van der Waals surface area (Å²) in [5.41, 5.74) is 0. The Balaban J connectivity index is 2.03. The average molecular weight is 241 g/mol. The fourth-order valence-electron chi connectivity index (χ4n) is 2.67. The number of rotatable bonds is 2. The highest BCUT2D eigenvalue weighted by atomic mass is 16.5. The highest BCUT2D eigenvalue weighted by Gasteiger charge is 2.34. The monoisotopic (exact) mass is 241 g/mol. The van der Waals surface area contributed by atoms with E-state index in [1.807, 2.05) is 14.1 Å². The highest BCUT2D eigenvalue weighted by Crippen LogP contribution is 2.18. The lowest BCUT2D eigenvalue weighted by atomic mass is 10.0. The molecule has 2 fully saturated rings. The van der Waals surface area contributed by atoms with Crippen LogP contribution in [0.1, 0.15) is 12.8 Å². The third kappa shape index (κ3) is 2.97. The Hall–Kier alpha value is -0.650. The van der Waals surface area contributed by atoms with E-state index in [9.17, 15) is 4.79 Å². The van der Waals surface area contributed by atoms with Gasteiger partial charge in [0.15, 0.2) is 0 Å². The van der Waals surface area contributed by atoms with Gasteiger partial charge in [0, 0.05) is 46.4 Å². The number of nitrogens with zero attached hydrogens (tertiary/aromatic N) is 2. The van der Waals surface area contributed by atoms with Crippen LogP contribution in [0.4, 0.5) is 0 Å². The van der Waals surface area contributed by atoms with Gasteiger partial charge in [0.1, 0.15) is 6.04 Å². The van der Waals surface area contributed by atoms with E-state index >= 15 is 0 Å². The van der Waals surface area contributed by atoms with E-state index in [0.29, 0.717) is 6.04 Å². The molecule has 2 atom stereocenters. The Morgan fingerprint density at radius 2 is 2.29 bits per heavy atom. The van der Waals surface area contributed by atoms with E-state index in [4.69, 9.17) is 4.74 Å². The molecule has 0 aromatic heterocycles. The topological polar surface area (TPSA) is 44.8 Å². The largest absolute Gasteiger partial charge is 0.380 e. The molecule has 1 N–H and O–H groups in total. The maximum atomic E-state index is 12.2. The molecule has 5 heteroatoms. The number of amides is 1. The van der Waals surface area contributed by atoms with Gasteiger partial charge in [-0.25, -0.2) is 0 Å². The van der Waals surface area contributed by atoms with Crippen LogP contribution in [0.2, 0.25) is 0 Å². The van der Waals surface area contributed by atoms with E-state index < -0.39 is 0 Å². The van der Waals surface area contributed by atoms with Gasteiger partial charge in [0.05, 0.1) is 6.61 Å². The van der Waals surface area contributed by atoms with Crippen LogP contribution < -0.4 is 5.32 Å². The van der Waals surface area contributed by atoms with Crippen LogP contribution in [0.5, 0.6) is 0 Å². The lowest BCUT2D eigenvalue weighted by molar-refractivity contribution is -0.137. The fraction of sp³-hybridized carbons (Fsp3) is 0.917. The van der Waals surface area contributed by atoms with Crippen molar-refractivity contribution in [3.63, 3.8) is 0 Å². The minimum absolute atomic E-state index is 0.0227. The minimum atomic E-state index is -0.0227. The first kappa shape index (κ1) is 12.8. The first-order valence-corrected chi connectivity index (χ1v) is 6.45. The van der Waals surface area contributed by atoms with E-state index in [-0.39, 0.29) is 11.9 Å². The normalized spacial score (nSPS) is 31.2. The Morgan fingerprint density at radius 1 is 1.47 bits per heavy atom. The van der Waals surface area contributed by atoms with Gasteiger partial charge in [-0.15, -0.1) is 0 Å². The highest BCUT2D eigenvalue weighted by molar-refractivity contribution is 5.81. The summed E-state index contributed by atoms with van der Waals surface area (Å²) in [6.07, 6.45) is 2.26. The molecule has 2 aliphatic rings. The van der Waals surface area contributed by atoms with Gasteiger partial charge in [-0.2, -0.15) is 0 Å². The number of ether oxygens (including phenoxy) is 1. The predicted octanol–water partition coefficient (Wildman–Crippen LogP) is -0.473. The molecule has 2 heterocycles. The number of carbonyl (C=O) groups excluding carboxylic acids is 1. The molecule has 2 unspecified atom stereocenters. The molecule has 0 spiro atoms. The fourth-order valence-corrected chi connectivity index (χ4v) is 2.67. The zero-order valence-electron chi connectivity index (χ0n) is 10.8. The van der Waals surface area contributed by atoms with Gasteiger partial charge in [-0.3, -0.25) is 9.69 Å². The zero-order chi connectivity index (χ0) is 12.3. The Bertz CT molecular complexity index is 264. The van der Waals surface area contributed by atoms with Crippen molar-refractivity contribution in [3.8, 4) is 0 Å². The standard InChI is InChI=1S/C12H23N3O2/c1-14(2)12(16)11-8-13-5-6-15(11)10-4-3-7-17-9-10/h10-11,13H,3-9H2,1-2H3. The summed E-state index contributed by atoms with van der Waals surface area (Å²) in [5.74, 6) is 0.197. The van der Waals surface area contributed by atoms with Crippen LogP contribution in [-0.2, 0) is 9.53 Å². The summed E-state index contributed by atoms with van der Waals surface area (Å²) >= 11 is 0. The van der Waals surface area contributed by atoms with Crippen LogP contribution in [0.25, 0.3) is 0 Å². The van der Waals surface area contributed by atoms with Crippen molar-refractivity contribution in [1.82, 2.24) is 15.1 Å². The second kappa shape index (κ2) is 5.80. The van der Waals surface area contributed by atoms with Crippen molar-refractivity contribution in [2.75, 3.05) is 46.9 Å². The van der Waals surface area contributed by atoms with Gasteiger partial charge in [-0.05, 0) is 12.8 Å². The van der Waals surface area contributed by atoms with Gasteiger partial charge in [0.25, 0.3) is 0 Å². The summed E-state index contributed by atoms with van der Waals surface area (Å²) in [6.45, 7) is 4.31. The summed E-state index contributed by atoms with van der Waals surface area (Å²) in [7, 11) is 3.65. The van der Waals surface area contributed by atoms with Crippen molar-refractivity contribution < 1.29 is 9.53 Å². The Kier molecular flexibility index (Phi) is 4.36. The van der Waals surface area contributed by atoms with Gasteiger partial charge in [0.2, 0.25) is 5.91 Å². The molecule has 17 heavy (non-hydrogen) atoms. The molecule has 0 saturated carbocycles. The Morgan fingerprint density at radius 3 is 2.94 bits per heavy atom. The van der Waals surface area contributed by atoms with E-state index in [1.165, 1.54) is 0 Å². The molecule has 0 aromatic carbocycles. The first-order valence-electron chi connectivity index (χ1n) is 6.45. The molecule has 0 radical (unpaired) electrons. The van der Waals surface area contributed by atoms with Gasteiger partial charge >= 0.3 is 0 Å². The SMILES string of the molecule is CN(C)C(=O)C1CNCCN1C1CCCOC1. The predicted molar refractivity (Wildman–Crippen MR) is 65.9 cm³/mol. The van der Waals surface area contributed by atoms with Gasteiger partial charge in [-0.1, -0.05) is 0 Å². The number of piperazine rings is 1. The minimum Gasteiger partial charge on any atom is -0.380 e. The molecule has 0 aromatic rings. The zero-order valence-corrected chi connectivity index (χ0v) is 10.8. The molecular formula is C12H23N3O2. The lowest BCUT2D eigenvalue weighted by Crippen LogP contribution is -2.61. The third-order valence-corrected chi connectivity index (χ3v) is 3.62. The summed E-state index contributed by atoms with van der Waals surface area (Å²) < 4.78 is 5.54. The van der Waals surface area contributed by atoms with Crippen molar-refractivity contribution in [2.45, 2.75) is 24.9 Å². The number of hydrogen-bond donors (Lipinski definition) is 1. The van der Waals surface area contributed by atoms with E-state index in [1.54, 1.807) is 4.90 Å². The molecule has 98 valence electrons. The second-order valence-electron chi connectivity index (χ2n) is 5.06. The molecular weight excluding hydrogens is 218 g/mol. The van der Waals surface area contributed by atoms with E-state index in [0.717, 1.165) is 45.7 Å². The van der Waals surface area contributed by atoms with Crippen LogP contribution in [0.15, 0.2) is 0 Å². The molecule has 2 saturated heterocycles. The summed E-state index contributed by atoms with van der Waals surface area (Å²) in [6, 6.07) is 0.394. The van der Waals surface area contributed by atoms with Crippen LogP contribution in [0, 0.1) is 0 Å². The third-order valence-electron chi connectivity index (χ3n) is 3.62. The summed E-state index contributed by atoms with van der Waals surface area (Å²) in [5, 5.41) is 3.31.